The summed E-state index contributed by atoms with van der Waals surface area (Å²) in [6, 6.07) is 10.1. The molecule has 1 aliphatic rings. The first-order chi connectivity index (χ1) is 11.8. The highest BCUT2D eigenvalue weighted by atomic mass is 16.5. The predicted octanol–water partition coefficient (Wildman–Crippen LogP) is 4.06. The Labute approximate surface area is 142 Å². The van der Waals surface area contributed by atoms with Gasteiger partial charge in [-0.05, 0) is 19.8 Å². The van der Waals surface area contributed by atoms with Crippen LogP contribution < -0.4 is 5.32 Å². The maximum Gasteiger partial charge on any atom is 0.341 e. The number of nitrogens with zero attached hydrogens (tertiary/aromatic N) is 2. The Morgan fingerprint density at radius 2 is 1.96 bits per heavy atom. The van der Waals surface area contributed by atoms with Crippen LogP contribution in [-0.4, -0.2) is 28.6 Å². The molecule has 1 aliphatic carbocycles. The predicted molar refractivity (Wildman–Crippen MR) is 93.9 cm³/mol. The highest BCUT2D eigenvalue weighted by Crippen LogP contribution is 2.25. The smallest absolute Gasteiger partial charge is 0.341 e. The van der Waals surface area contributed by atoms with Crippen LogP contribution in [0.1, 0.15) is 49.4 Å². The Hall–Kier alpha value is -2.43. The third-order valence-electron chi connectivity index (χ3n) is 4.27. The van der Waals surface area contributed by atoms with Crippen LogP contribution in [0.5, 0.6) is 0 Å². The maximum absolute atomic E-state index is 12.2. The first kappa shape index (κ1) is 16.4. The van der Waals surface area contributed by atoms with Gasteiger partial charge in [-0.3, -0.25) is 0 Å². The molecule has 5 heteroatoms. The number of benzene rings is 1. The van der Waals surface area contributed by atoms with Crippen molar-refractivity contribution in [2.24, 2.45) is 0 Å². The van der Waals surface area contributed by atoms with Crippen molar-refractivity contribution in [1.82, 2.24) is 9.97 Å². The summed E-state index contributed by atoms with van der Waals surface area (Å²) in [5.41, 5.74) is 1.90. The molecule has 1 heterocycles. The highest BCUT2D eigenvalue weighted by molar-refractivity contribution is 5.96. The number of aromatic nitrogens is 2. The van der Waals surface area contributed by atoms with E-state index in [2.05, 4.69) is 15.3 Å². The van der Waals surface area contributed by atoms with Gasteiger partial charge >= 0.3 is 5.97 Å². The molecule has 5 nitrogen and oxygen atoms in total. The lowest BCUT2D eigenvalue weighted by molar-refractivity contribution is 0.0526. The Morgan fingerprint density at radius 1 is 1.21 bits per heavy atom. The molecule has 0 unspecified atom stereocenters. The van der Waals surface area contributed by atoms with E-state index < -0.39 is 0 Å². The lowest BCUT2D eigenvalue weighted by Crippen LogP contribution is -2.24. The van der Waals surface area contributed by atoms with Crippen molar-refractivity contribution < 1.29 is 9.53 Å². The number of rotatable bonds is 5. The van der Waals surface area contributed by atoms with Crippen molar-refractivity contribution >= 4 is 11.9 Å². The zero-order valence-electron chi connectivity index (χ0n) is 14.0. The molecule has 0 saturated heterocycles. The molecule has 1 fully saturated rings. The molecule has 24 heavy (non-hydrogen) atoms. The standard InChI is InChI=1S/C19H23N3O2/c1-2-24-18(23)16-13-20-19(21-15-11-7-4-8-12-15)22-17(16)14-9-5-3-6-10-14/h3,5-6,9-10,13,15H,2,4,7-8,11-12H2,1H3,(H,20,21,22). The molecular weight excluding hydrogens is 302 g/mol. The summed E-state index contributed by atoms with van der Waals surface area (Å²) >= 11 is 0. The topological polar surface area (TPSA) is 64.1 Å². The van der Waals surface area contributed by atoms with E-state index in [4.69, 9.17) is 4.74 Å². The summed E-state index contributed by atoms with van der Waals surface area (Å²) in [5.74, 6) is 0.189. The summed E-state index contributed by atoms with van der Waals surface area (Å²) in [7, 11) is 0. The normalized spacial score (nSPS) is 15.0. The number of hydrogen-bond donors (Lipinski definition) is 1. The lowest BCUT2D eigenvalue weighted by Gasteiger charge is -2.23. The van der Waals surface area contributed by atoms with Crippen LogP contribution in [0.15, 0.2) is 36.5 Å². The van der Waals surface area contributed by atoms with E-state index in [1.54, 1.807) is 13.1 Å². The third kappa shape index (κ3) is 3.91. The van der Waals surface area contributed by atoms with E-state index in [1.807, 2.05) is 30.3 Å². The molecular formula is C19H23N3O2. The van der Waals surface area contributed by atoms with Crippen LogP contribution >= 0.6 is 0 Å². The molecule has 0 radical (unpaired) electrons. The summed E-state index contributed by atoms with van der Waals surface area (Å²) in [5, 5.41) is 3.41. The van der Waals surface area contributed by atoms with Crippen molar-refractivity contribution in [2.75, 3.05) is 11.9 Å². The first-order valence-corrected chi connectivity index (χ1v) is 8.64. The molecule has 0 spiro atoms. The van der Waals surface area contributed by atoms with Crippen molar-refractivity contribution in [3.8, 4) is 11.3 Å². The van der Waals surface area contributed by atoms with Crippen LogP contribution in [0.3, 0.4) is 0 Å². The summed E-state index contributed by atoms with van der Waals surface area (Å²) < 4.78 is 5.14. The monoisotopic (exact) mass is 325 g/mol. The summed E-state index contributed by atoms with van der Waals surface area (Å²) in [6.45, 7) is 2.12. The minimum Gasteiger partial charge on any atom is -0.462 e. The van der Waals surface area contributed by atoms with E-state index in [1.165, 1.54) is 19.3 Å². The van der Waals surface area contributed by atoms with Gasteiger partial charge < -0.3 is 10.1 Å². The number of anilines is 1. The second-order valence-electron chi connectivity index (χ2n) is 6.02. The van der Waals surface area contributed by atoms with E-state index >= 15 is 0 Å². The van der Waals surface area contributed by atoms with Crippen molar-refractivity contribution in [1.29, 1.82) is 0 Å². The van der Waals surface area contributed by atoms with E-state index in [9.17, 15) is 4.79 Å². The second-order valence-corrected chi connectivity index (χ2v) is 6.02. The van der Waals surface area contributed by atoms with E-state index in [0.717, 1.165) is 18.4 Å². The molecule has 2 aromatic rings. The molecule has 1 saturated carbocycles. The largest absolute Gasteiger partial charge is 0.462 e. The van der Waals surface area contributed by atoms with E-state index in [-0.39, 0.29) is 5.97 Å². The minimum atomic E-state index is -0.388. The van der Waals surface area contributed by atoms with Gasteiger partial charge in [-0.1, -0.05) is 49.6 Å². The fourth-order valence-corrected chi connectivity index (χ4v) is 3.06. The number of carbonyl (C=O) groups excluding carboxylic acids is 1. The average molecular weight is 325 g/mol. The number of hydrogen-bond acceptors (Lipinski definition) is 5. The van der Waals surface area contributed by atoms with Crippen molar-refractivity contribution in [3.63, 3.8) is 0 Å². The Bertz CT molecular complexity index is 682. The van der Waals surface area contributed by atoms with Crippen molar-refractivity contribution in [2.45, 2.75) is 45.1 Å². The van der Waals surface area contributed by atoms with Crippen LogP contribution in [0.25, 0.3) is 11.3 Å². The fourth-order valence-electron chi connectivity index (χ4n) is 3.06. The Balaban J connectivity index is 1.91. The zero-order valence-corrected chi connectivity index (χ0v) is 14.0. The SMILES string of the molecule is CCOC(=O)c1cnc(NC2CCCCC2)nc1-c1ccccc1. The number of carbonyl (C=O) groups is 1. The molecule has 1 aromatic carbocycles. The molecule has 0 amide bonds. The van der Waals surface area contributed by atoms with Crippen LogP contribution in [0.2, 0.25) is 0 Å². The van der Waals surface area contributed by atoms with Crippen molar-refractivity contribution in [3.05, 3.63) is 42.1 Å². The minimum absolute atomic E-state index is 0.329. The van der Waals surface area contributed by atoms with Gasteiger partial charge in [0, 0.05) is 17.8 Å². The van der Waals surface area contributed by atoms with E-state index in [0.29, 0.717) is 29.9 Å². The lowest BCUT2D eigenvalue weighted by atomic mass is 9.96. The summed E-state index contributed by atoms with van der Waals surface area (Å²) in [4.78, 5) is 21.2. The summed E-state index contributed by atoms with van der Waals surface area (Å²) in [6.07, 6.45) is 7.64. The van der Waals surface area contributed by atoms with Gasteiger partial charge in [-0.2, -0.15) is 0 Å². The average Bonchev–Trinajstić information content (AvgIpc) is 2.63. The van der Waals surface area contributed by atoms with Gasteiger partial charge in [-0.25, -0.2) is 14.8 Å². The van der Waals surface area contributed by atoms with Crippen LogP contribution in [-0.2, 0) is 4.74 Å². The van der Waals surface area contributed by atoms with Crippen LogP contribution in [0.4, 0.5) is 5.95 Å². The maximum atomic E-state index is 12.2. The second kappa shape index (κ2) is 7.90. The molecule has 3 rings (SSSR count). The van der Waals surface area contributed by atoms with Gasteiger partial charge in [0.25, 0.3) is 0 Å². The molecule has 0 atom stereocenters. The fraction of sp³-hybridized carbons (Fsp3) is 0.421. The molecule has 126 valence electrons. The zero-order chi connectivity index (χ0) is 16.8. The third-order valence-corrected chi connectivity index (χ3v) is 4.27. The van der Waals surface area contributed by atoms with Gasteiger partial charge in [0.1, 0.15) is 5.56 Å². The van der Waals surface area contributed by atoms with Gasteiger partial charge in [0.05, 0.1) is 12.3 Å². The number of esters is 1. The number of ether oxygens (including phenoxy) is 1. The van der Waals surface area contributed by atoms with Gasteiger partial charge in [0.2, 0.25) is 5.95 Å². The highest BCUT2D eigenvalue weighted by Gasteiger charge is 2.19. The van der Waals surface area contributed by atoms with Gasteiger partial charge in [-0.15, -0.1) is 0 Å². The van der Waals surface area contributed by atoms with Gasteiger partial charge in [0.15, 0.2) is 0 Å². The molecule has 0 bridgehead atoms. The quantitative estimate of drug-likeness (QED) is 0.840. The van der Waals surface area contributed by atoms with Crippen LogP contribution in [0, 0.1) is 0 Å². The number of nitrogens with one attached hydrogen (secondary N) is 1. The first-order valence-electron chi connectivity index (χ1n) is 8.64. The molecule has 1 aromatic heterocycles. The Kier molecular flexibility index (Phi) is 5.41. The molecule has 1 N–H and O–H groups in total. The molecule has 0 aliphatic heterocycles. The Morgan fingerprint density at radius 3 is 2.67 bits per heavy atom.